The van der Waals surface area contributed by atoms with Crippen molar-refractivity contribution in [1.82, 2.24) is 15.0 Å². The minimum Gasteiger partial charge on any atom is -0.507 e. The summed E-state index contributed by atoms with van der Waals surface area (Å²) in [5.41, 5.74) is 1.31. The van der Waals surface area contributed by atoms with Gasteiger partial charge in [0.1, 0.15) is 24.2 Å². The molecule has 0 fully saturated rings. The van der Waals surface area contributed by atoms with Crippen LogP contribution in [0.2, 0.25) is 0 Å². The Hall–Kier alpha value is -2.17. The number of unbranched alkanes of at least 4 members (excludes halogenated alkanes) is 5. The highest BCUT2D eigenvalue weighted by atomic mass is 16.5. The van der Waals surface area contributed by atoms with Gasteiger partial charge >= 0.3 is 0 Å². The van der Waals surface area contributed by atoms with Crippen LogP contribution in [0.25, 0.3) is 11.4 Å². The Morgan fingerprint density at radius 3 is 2.43 bits per heavy atom. The Bertz CT molecular complexity index is 603. The zero-order chi connectivity index (χ0) is 16.5. The van der Waals surface area contributed by atoms with E-state index >= 15 is 0 Å². The summed E-state index contributed by atoms with van der Waals surface area (Å²) in [5.74, 6) is 1.34. The zero-order valence-corrected chi connectivity index (χ0v) is 14.0. The first-order valence-corrected chi connectivity index (χ1v) is 8.31. The first-order valence-electron chi connectivity index (χ1n) is 8.31. The summed E-state index contributed by atoms with van der Waals surface area (Å²) in [5, 5.41) is 10.4. The monoisotopic (exact) mass is 315 g/mol. The van der Waals surface area contributed by atoms with Gasteiger partial charge in [0.25, 0.3) is 0 Å². The molecule has 0 aliphatic carbocycles. The van der Waals surface area contributed by atoms with Crippen LogP contribution in [0.3, 0.4) is 0 Å². The maximum Gasteiger partial charge on any atom is 0.166 e. The van der Waals surface area contributed by atoms with E-state index in [2.05, 4.69) is 21.9 Å². The highest BCUT2D eigenvalue weighted by Gasteiger charge is 2.13. The Kier molecular flexibility index (Phi) is 6.78. The summed E-state index contributed by atoms with van der Waals surface area (Å²) in [6, 6.07) is 3.65. The molecular formula is C18H25N3O2. The number of aromatic hydroxyl groups is 1. The van der Waals surface area contributed by atoms with Crippen molar-refractivity contribution >= 4 is 0 Å². The van der Waals surface area contributed by atoms with Crippen LogP contribution < -0.4 is 4.74 Å². The van der Waals surface area contributed by atoms with Gasteiger partial charge in [-0.25, -0.2) is 15.0 Å². The third-order valence-electron chi connectivity index (χ3n) is 3.87. The van der Waals surface area contributed by atoms with Gasteiger partial charge < -0.3 is 9.84 Å². The third-order valence-corrected chi connectivity index (χ3v) is 3.87. The van der Waals surface area contributed by atoms with E-state index in [1.807, 2.05) is 13.0 Å². The molecule has 0 amide bonds. The maximum atomic E-state index is 10.4. The minimum atomic E-state index is 0.164. The normalized spacial score (nSPS) is 10.7. The Morgan fingerprint density at radius 1 is 1.00 bits per heavy atom. The van der Waals surface area contributed by atoms with Gasteiger partial charge in [0, 0.05) is 5.56 Å². The average Bonchev–Trinajstić information content (AvgIpc) is 2.58. The molecular weight excluding hydrogens is 290 g/mol. The molecule has 2 aromatic rings. The highest BCUT2D eigenvalue weighted by Crippen LogP contribution is 2.35. The largest absolute Gasteiger partial charge is 0.507 e. The van der Waals surface area contributed by atoms with Gasteiger partial charge in [-0.3, -0.25) is 0 Å². The zero-order valence-electron chi connectivity index (χ0n) is 14.0. The van der Waals surface area contributed by atoms with Crippen LogP contribution in [0.5, 0.6) is 11.5 Å². The van der Waals surface area contributed by atoms with Crippen LogP contribution in [-0.4, -0.2) is 26.7 Å². The lowest BCUT2D eigenvalue weighted by atomic mass is 10.1. The molecule has 1 N–H and O–H groups in total. The van der Waals surface area contributed by atoms with Crippen molar-refractivity contribution in [1.29, 1.82) is 0 Å². The van der Waals surface area contributed by atoms with Gasteiger partial charge in [0.2, 0.25) is 0 Å². The van der Waals surface area contributed by atoms with Gasteiger partial charge in [0.15, 0.2) is 5.82 Å². The lowest BCUT2D eigenvalue weighted by Crippen LogP contribution is -2.00. The second-order valence-electron chi connectivity index (χ2n) is 5.66. The van der Waals surface area contributed by atoms with E-state index in [0.29, 0.717) is 29.3 Å². The lowest BCUT2D eigenvalue weighted by Gasteiger charge is -2.12. The van der Waals surface area contributed by atoms with E-state index < -0.39 is 0 Å². The summed E-state index contributed by atoms with van der Waals surface area (Å²) in [6.07, 6.45) is 10.2. The van der Waals surface area contributed by atoms with Crippen LogP contribution in [0.15, 0.2) is 24.8 Å². The predicted molar refractivity (Wildman–Crippen MR) is 90.5 cm³/mol. The van der Waals surface area contributed by atoms with Gasteiger partial charge in [-0.15, -0.1) is 0 Å². The number of phenolic OH excluding ortho intramolecular Hbond substituents is 1. The summed E-state index contributed by atoms with van der Waals surface area (Å²) < 4.78 is 5.80. The van der Waals surface area contributed by atoms with Crippen LogP contribution >= 0.6 is 0 Å². The molecule has 0 bridgehead atoms. The number of phenols is 1. The van der Waals surface area contributed by atoms with Crippen LogP contribution in [-0.2, 0) is 0 Å². The molecule has 23 heavy (non-hydrogen) atoms. The van der Waals surface area contributed by atoms with E-state index in [9.17, 15) is 5.11 Å². The van der Waals surface area contributed by atoms with Crippen molar-refractivity contribution in [3.63, 3.8) is 0 Å². The van der Waals surface area contributed by atoms with E-state index in [1.165, 1.54) is 44.8 Å². The third kappa shape index (κ3) is 4.91. The van der Waals surface area contributed by atoms with Crippen molar-refractivity contribution < 1.29 is 9.84 Å². The maximum absolute atomic E-state index is 10.4. The predicted octanol–water partition coefficient (Wildman–Crippen LogP) is 4.29. The first kappa shape index (κ1) is 17.2. The van der Waals surface area contributed by atoms with Crippen molar-refractivity contribution in [3.05, 3.63) is 30.4 Å². The molecule has 2 rings (SSSR count). The fourth-order valence-electron chi connectivity index (χ4n) is 2.46. The summed E-state index contributed by atoms with van der Waals surface area (Å²) in [4.78, 5) is 11.9. The smallest absolute Gasteiger partial charge is 0.166 e. The summed E-state index contributed by atoms with van der Waals surface area (Å²) in [6.45, 7) is 4.74. The Morgan fingerprint density at radius 2 is 1.70 bits per heavy atom. The summed E-state index contributed by atoms with van der Waals surface area (Å²) in [7, 11) is 0. The molecule has 1 aromatic heterocycles. The number of aromatic nitrogens is 3. The molecule has 0 aliphatic rings. The second kappa shape index (κ2) is 9.08. The summed E-state index contributed by atoms with van der Waals surface area (Å²) >= 11 is 0. The van der Waals surface area contributed by atoms with Gasteiger partial charge in [0.05, 0.1) is 12.2 Å². The topological polar surface area (TPSA) is 68.1 Å². The number of nitrogens with zero attached hydrogens (tertiary/aromatic N) is 3. The van der Waals surface area contributed by atoms with E-state index in [4.69, 9.17) is 4.74 Å². The van der Waals surface area contributed by atoms with Crippen LogP contribution in [0.4, 0.5) is 0 Å². The molecule has 1 aromatic carbocycles. The molecule has 0 unspecified atom stereocenters. The molecule has 124 valence electrons. The number of hydrogen-bond donors (Lipinski definition) is 1. The quantitative estimate of drug-likeness (QED) is 0.699. The van der Waals surface area contributed by atoms with Crippen LogP contribution in [0.1, 0.15) is 51.0 Å². The highest BCUT2D eigenvalue weighted by molar-refractivity contribution is 5.68. The van der Waals surface area contributed by atoms with Gasteiger partial charge in [-0.05, 0) is 25.5 Å². The van der Waals surface area contributed by atoms with Gasteiger partial charge in [-0.2, -0.15) is 0 Å². The molecule has 1 heterocycles. The fourth-order valence-corrected chi connectivity index (χ4v) is 2.46. The molecule has 0 aliphatic heterocycles. The molecule has 0 saturated heterocycles. The Labute approximate surface area is 137 Å². The first-order chi connectivity index (χ1) is 11.2. The average molecular weight is 315 g/mol. The standard InChI is InChI=1S/C18H25N3O2/c1-3-4-5-6-7-8-11-23-16-10-9-15(17(22)14(16)2)18-20-12-19-13-21-18/h9-10,12-13,22H,3-8,11H2,1-2H3. The molecule has 0 atom stereocenters. The number of rotatable bonds is 9. The lowest BCUT2D eigenvalue weighted by molar-refractivity contribution is 0.300. The Balaban J connectivity index is 1.90. The number of benzene rings is 1. The van der Waals surface area contributed by atoms with E-state index in [1.54, 1.807) is 6.07 Å². The molecule has 5 heteroatoms. The van der Waals surface area contributed by atoms with Crippen molar-refractivity contribution in [2.45, 2.75) is 52.4 Å². The number of ether oxygens (including phenoxy) is 1. The van der Waals surface area contributed by atoms with E-state index in [0.717, 1.165) is 6.42 Å². The van der Waals surface area contributed by atoms with Gasteiger partial charge in [-0.1, -0.05) is 39.0 Å². The molecule has 0 saturated carbocycles. The molecule has 0 spiro atoms. The fraction of sp³-hybridized carbons (Fsp3) is 0.500. The van der Waals surface area contributed by atoms with Crippen LogP contribution in [0, 0.1) is 6.92 Å². The minimum absolute atomic E-state index is 0.164. The second-order valence-corrected chi connectivity index (χ2v) is 5.66. The molecule has 5 nitrogen and oxygen atoms in total. The van der Waals surface area contributed by atoms with Crippen molar-refractivity contribution in [2.24, 2.45) is 0 Å². The SMILES string of the molecule is CCCCCCCCOc1ccc(-c2ncncn2)c(O)c1C. The van der Waals surface area contributed by atoms with E-state index in [-0.39, 0.29) is 5.75 Å². The van der Waals surface area contributed by atoms with Crippen molar-refractivity contribution in [3.8, 4) is 22.9 Å². The van der Waals surface area contributed by atoms with Crippen molar-refractivity contribution in [2.75, 3.05) is 6.61 Å². The number of hydrogen-bond acceptors (Lipinski definition) is 5. The molecule has 0 radical (unpaired) electrons.